The molecular weight excluding hydrogens is 491 g/mol. The standard InChI is InChI=1S/C24H24Cl2N6O3/c25-16-12-15(13-17(26)14-16)22-29-21(35-32-22)9-5-8-20(33)27-10-3-4-11-28-23-18-6-1-2-7-19(18)24(34)31-30-23/h1-2,6-7,12-14H,3-5,8-11H2,(H,27,33)(H,28,30)(H,31,34). The van der Waals surface area contributed by atoms with Crippen molar-refractivity contribution in [2.75, 3.05) is 18.4 Å². The first-order valence-electron chi connectivity index (χ1n) is 11.3. The Kier molecular flexibility index (Phi) is 8.33. The number of hydrogen-bond acceptors (Lipinski definition) is 7. The lowest BCUT2D eigenvalue weighted by atomic mass is 10.2. The summed E-state index contributed by atoms with van der Waals surface area (Å²) in [4.78, 5) is 28.3. The van der Waals surface area contributed by atoms with Crippen LogP contribution >= 0.6 is 23.2 Å². The molecular formula is C24H24Cl2N6O3. The Balaban J connectivity index is 1.12. The number of nitrogens with zero attached hydrogens (tertiary/aromatic N) is 3. The van der Waals surface area contributed by atoms with Gasteiger partial charge in [0.15, 0.2) is 5.82 Å². The average Bonchev–Trinajstić information content (AvgIpc) is 3.31. The van der Waals surface area contributed by atoms with Gasteiger partial charge in [0.2, 0.25) is 17.6 Å². The number of unbranched alkanes of at least 4 members (excludes halogenated alkanes) is 1. The third-order valence-electron chi connectivity index (χ3n) is 5.30. The van der Waals surface area contributed by atoms with Gasteiger partial charge in [-0.3, -0.25) is 9.59 Å². The third kappa shape index (κ3) is 6.80. The van der Waals surface area contributed by atoms with Crippen LogP contribution in [0.25, 0.3) is 22.2 Å². The summed E-state index contributed by atoms with van der Waals surface area (Å²) in [6.07, 6.45) is 3.12. The Morgan fingerprint density at radius 3 is 2.54 bits per heavy atom. The maximum absolute atomic E-state index is 12.1. The van der Waals surface area contributed by atoms with Gasteiger partial charge in [-0.25, -0.2) is 5.10 Å². The summed E-state index contributed by atoms with van der Waals surface area (Å²) in [5.41, 5.74) is 0.466. The fourth-order valence-corrected chi connectivity index (χ4v) is 4.11. The van der Waals surface area contributed by atoms with Gasteiger partial charge < -0.3 is 15.2 Å². The summed E-state index contributed by atoms with van der Waals surface area (Å²) in [5.74, 6) is 1.49. The molecule has 0 saturated carbocycles. The zero-order chi connectivity index (χ0) is 24.6. The number of anilines is 1. The maximum Gasteiger partial charge on any atom is 0.272 e. The number of rotatable bonds is 11. The molecule has 0 aliphatic heterocycles. The van der Waals surface area contributed by atoms with Crippen molar-refractivity contribution in [1.82, 2.24) is 25.7 Å². The fraction of sp³-hybridized carbons (Fsp3) is 0.292. The molecule has 0 radical (unpaired) electrons. The molecule has 0 unspecified atom stereocenters. The highest BCUT2D eigenvalue weighted by Gasteiger charge is 2.11. The topological polar surface area (TPSA) is 126 Å². The third-order valence-corrected chi connectivity index (χ3v) is 5.73. The van der Waals surface area contributed by atoms with E-state index in [0.29, 0.717) is 70.9 Å². The smallest absolute Gasteiger partial charge is 0.272 e. The first-order valence-corrected chi connectivity index (χ1v) is 12.0. The predicted molar refractivity (Wildman–Crippen MR) is 136 cm³/mol. The predicted octanol–water partition coefficient (Wildman–Crippen LogP) is 4.61. The Morgan fingerprint density at radius 1 is 1.00 bits per heavy atom. The molecule has 1 amide bonds. The van der Waals surface area contributed by atoms with Gasteiger partial charge in [0.05, 0.1) is 5.39 Å². The number of H-pyrrole nitrogens is 1. The summed E-state index contributed by atoms with van der Waals surface area (Å²) >= 11 is 12.0. The Labute approximate surface area is 211 Å². The van der Waals surface area contributed by atoms with Crippen LogP contribution in [0.5, 0.6) is 0 Å². The first-order chi connectivity index (χ1) is 17.0. The summed E-state index contributed by atoms with van der Waals surface area (Å²) in [7, 11) is 0. The molecule has 4 rings (SSSR count). The molecule has 0 aliphatic rings. The monoisotopic (exact) mass is 514 g/mol. The van der Waals surface area contributed by atoms with Crippen LogP contribution in [0.15, 0.2) is 51.8 Å². The number of aryl methyl sites for hydroxylation is 1. The van der Waals surface area contributed by atoms with Crippen molar-refractivity contribution in [3.63, 3.8) is 0 Å². The zero-order valence-corrected chi connectivity index (χ0v) is 20.3. The fourth-order valence-electron chi connectivity index (χ4n) is 3.58. The lowest BCUT2D eigenvalue weighted by molar-refractivity contribution is -0.121. The van der Waals surface area contributed by atoms with E-state index in [1.165, 1.54) is 0 Å². The van der Waals surface area contributed by atoms with Crippen molar-refractivity contribution >= 4 is 45.7 Å². The summed E-state index contributed by atoms with van der Waals surface area (Å²) in [6, 6.07) is 12.4. The molecule has 2 aromatic carbocycles. The number of amides is 1. The van der Waals surface area contributed by atoms with Gasteiger partial charge in [0.1, 0.15) is 0 Å². The molecule has 0 aliphatic carbocycles. The van der Waals surface area contributed by atoms with E-state index in [1.807, 2.05) is 18.2 Å². The number of carbonyl (C=O) groups is 1. The molecule has 3 N–H and O–H groups in total. The second kappa shape index (κ2) is 11.8. The molecule has 35 heavy (non-hydrogen) atoms. The van der Waals surface area contributed by atoms with Crippen molar-refractivity contribution in [3.8, 4) is 11.4 Å². The van der Waals surface area contributed by atoms with E-state index in [2.05, 4.69) is 31.0 Å². The second-order valence-corrected chi connectivity index (χ2v) is 8.83. The number of halogens is 2. The molecule has 0 fully saturated rings. The van der Waals surface area contributed by atoms with E-state index < -0.39 is 0 Å². The van der Waals surface area contributed by atoms with Crippen molar-refractivity contribution in [3.05, 3.63) is 68.8 Å². The van der Waals surface area contributed by atoms with Gasteiger partial charge in [0, 0.05) is 46.9 Å². The van der Waals surface area contributed by atoms with E-state index in [4.69, 9.17) is 27.7 Å². The largest absolute Gasteiger partial charge is 0.368 e. The van der Waals surface area contributed by atoms with Gasteiger partial charge in [0.25, 0.3) is 5.56 Å². The van der Waals surface area contributed by atoms with Gasteiger partial charge in [-0.1, -0.05) is 46.6 Å². The van der Waals surface area contributed by atoms with Crippen LogP contribution in [0.1, 0.15) is 31.6 Å². The van der Waals surface area contributed by atoms with E-state index in [9.17, 15) is 9.59 Å². The lowest BCUT2D eigenvalue weighted by Gasteiger charge is -2.08. The average molecular weight is 515 g/mol. The van der Waals surface area contributed by atoms with Gasteiger partial charge in [-0.05, 0) is 43.5 Å². The highest BCUT2D eigenvalue weighted by atomic mass is 35.5. The number of aromatic amines is 1. The van der Waals surface area contributed by atoms with Crippen LogP contribution in [0.4, 0.5) is 5.82 Å². The van der Waals surface area contributed by atoms with Crippen LogP contribution in [0.2, 0.25) is 10.0 Å². The highest BCUT2D eigenvalue weighted by Crippen LogP contribution is 2.25. The Bertz CT molecular complexity index is 1350. The van der Waals surface area contributed by atoms with Crippen molar-refractivity contribution < 1.29 is 9.32 Å². The van der Waals surface area contributed by atoms with E-state index in [-0.39, 0.29) is 11.5 Å². The molecule has 182 valence electrons. The van der Waals surface area contributed by atoms with Gasteiger partial charge in [-0.15, -0.1) is 0 Å². The van der Waals surface area contributed by atoms with Crippen LogP contribution in [-0.4, -0.2) is 39.3 Å². The summed E-state index contributed by atoms with van der Waals surface area (Å²) in [5, 5.41) is 19.1. The number of carbonyl (C=O) groups excluding carboxylic acids is 1. The molecule has 0 spiro atoms. The van der Waals surface area contributed by atoms with E-state index in [0.717, 1.165) is 18.2 Å². The number of benzene rings is 2. The van der Waals surface area contributed by atoms with Crippen LogP contribution in [0, 0.1) is 0 Å². The molecule has 2 heterocycles. The summed E-state index contributed by atoms with van der Waals surface area (Å²) < 4.78 is 5.27. The minimum Gasteiger partial charge on any atom is -0.368 e. The van der Waals surface area contributed by atoms with E-state index in [1.54, 1.807) is 24.3 Å². The van der Waals surface area contributed by atoms with Crippen molar-refractivity contribution in [2.45, 2.75) is 32.1 Å². The van der Waals surface area contributed by atoms with Crippen LogP contribution < -0.4 is 16.2 Å². The van der Waals surface area contributed by atoms with Gasteiger partial charge in [-0.2, -0.15) is 10.1 Å². The minimum atomic E-state index is -0.209. The Hall–Kier alpha value is -3.43. The number of aromatic nitrogens is 4. The minimum absolute atomic E-state index is 0.0207. The molecule has 4 aromatic rings. The Morgan fingerprint density at radius 2 is 1.74 bits per heavy atom. The number of hydrogen-bond donors (Lipinski definition) is 3. The molecule has 11 heteroatoms. The normalized spacial score (nSPS) is 11.0. The lowest BCUT2D eigenvalue weighted by Crippen LogP contribution is -2.24. The highest BCUT2D eigenvalue weighted by molar-refractivity contribution is 6.35. The zero-order valence-electron chi connectivity index (χ0n) is 18.8. The van der Waals surface area contributed by atoms with Crippen LogP contribution in [-0.2, 0) is 11.2 Å². The maximum atomic E-state index is 12.1. The summed E-state index contributed by atoms with van der Waals surface area (Å²) in [6.45, 7) is 1.26. The van der Waals surface area contributed by atoms with Crippen molar-refractivity contribution in [1.29, 1.82) is 0 Å². The molecule has 0 bridgehead atoms. The van der Waals surface area contributed by atoms with E-state index >= 15 is 0 Å². The second-order valence-electron chi connectivity index (χ2n) is 7.95. The molecule has 0 atom stereocenters. The number of nitrogens with one attached hydrogen (secondary N) is 3. The van der Waals surface area contributed by atoms with Crippen LogP contribution in [0.3, 0.4) is 0 Å². The SMILES string of the molecule is O=C(CCCc1nc(-c2cc(Cl)cc(Cl)c2)no1)NCCCCNc1n[nH]c(=O)c2ccccc12. The van der Waals surface area contributed by atoms with Gasteiger partial charge >= 0.3 is 0 Å². The molecule has 2 aromatic heterocycles. The number of fused-ring (bicyclic) bond motifs is 1. The van der Waals surface area contributed by atoms with Crippen molar-refractivity contribution in [2.24, 2.45) is 0 Å². The first kappa shape index (κ1) is 24.7. The molecule has 0 saturated heterocycles. The molecule has 9 nitrogen and oxygen atoms in total. The quantitative estimate of drug-likeness (QED) is 0.249.